The van der Waals surface area contributed by atoms with Crippen molar-refractivity contribution in [1.82, 2.24) is 4.90 Å². The Balaban J connectivity index is 2.61. The maximum Gasteiger partial charge on any atom is 0.233 e. The fourth-order valence-corrected chi connectivity index (χ4v) is 1.50. The van der Waals surface area contributed by atoms with E-state index in [-0.39, 0.29) is 19.1 Å². The van der Waals surface area contributed by atoms with Crippen molar-refractivity contribution in [2.24, 2.45) is 10.9 Å². The van der Waals surface area contributed by atoms with Crippen molar-refractivity contribution in [3.8, 4) is 0 Å². The minimum Gasteiger partial charge on any atom is -0.408 e. The van der Waals surface area contributed by atoms with E-state index in [2.05, 4.69) is 5.16 Å². The van der Waals surface area contributed by atoms with E-state index in [0.29, 0.717) is 19.4 Å². The van der Waals surface area contributed by atoms with E-state index < -0.39 is 5.60 Å². The number of aliphatic hydroxyl groups is 2. The number of oxime groups is 1. The fraction of sp³-hybridized carbons (Fsp3) is 0.857. The maximum absolute atomic E-state index is 9.71. The third kappa shape index (κ3) is 2.22. The lowest BCUT2D eigenvalue weighted by Gasteiger charge is -2.38. The van der Waals surface area contributed by atoms with Gasteiger partial charge in [0.05, 0.1) is 13.2 Å². The molecule has 1 fully saturated rings. The molecule has 1 heterocycles. The zero-order chi connectivity index (χ0) is 9.90. The zero-order valence-corrected chi connectivity index (χ0v) is 7.35. The van der Waals surface area contributed by atoms with Gasteiger partial charge in [-0.05, 0) is 12.8 Å². The standard InChI is InChI=1S/C7H15N3O3/c8-6(9-13)10-3-1-2-7(12,4-10)5-11/h11-13H,1-5H2,(H2,8,9). The Morgan fingerprint density at radius 1 is 1.62 bits per heavy atom. The van der Waals surface area contributed by atoms with E-state index >= 15 is 0 Å². The molecular formula is C7H15N3O3. The first-order valence-corrected chi connectivity index (χ1v) is 4.17. The van der Waals surface area contributed by atoms with Gasteiger partial charge >= 0.3 is 0 Å². The third-order valence-corrected chi connectivity index (χ3v) is 2.28. The first-order chi connectivity index (χ1) is 6.11. The molecule has 1 atom stereocenters. The first kappa shape index (κ1) is 10.1. The highest BCUT2D eigenvalue weighted by Crippen LogP contribution is 2.19. The lowest BCUT2D eigenvalue weighted by Crippen LogP contribution is -2.54. The zero-order valence-electron chi connectivity index (χ0n) is 7.35. The van der Waals surface area contributed by atoms with Crippen LogP contribution in [0, 0.1) is 0 Å². The predicted molar refractivity (Wildman–Crippen MR) is 46.3 cm³/mol. The second kappa shape index (κ2) is 3.80. The summed E-state index contributed by atoms with van der Waals surface area (Å²) in [5.41, 5.74) is 4.24. The number of β-amino-alcohol motifs (C(OH)–C–C–N with tert-alkyl or cyclic N) is 1. The van der Waals surface area contributed by atoms with E-state index in [9.17, 15) is 5.11 Å². The van der Waals surface area contributed by atoms with Crippen LogP contribution in [0.2, 0.25) is 0 Å². The number of rotatable bonds is 1. The van der Waals surface area contributed by atoms with Crippen molar-refractivity contribution in [2.75, 3.05) is 19.7 Å². The van der Waals surface area contributed by atoms with Crippen LogP contribution in [0.3, 0.4) is 0 Å². The van der Waals surface area contributed by atoms with Crippen molar-refractivity contribution in [3.63, 3.8) is 0 Å². The number of piperidine rings is 1. The number of aliphatic hydroxyl groups excluding tert-OH is 1. The molecule has 76 valence electrons. The van der Waals surface area contributed by atoms with E-state index in [4.69, 9.17) is 16.0 Å². The summed E-state index contributed by atoms with van der Waals surface area (Å²) in [7, 11) is 0. The number of guanidine groups is 1. The summed E-state index contributed by atoms with van der Waals surface area (Å²) < 4.78 is 0. The summed E-state index contributed by atoms with van der Waals surface area (Å²) in [6.07, 6.45) is 1.26. The molecule has 0 aromatic carbocycles. The van der Waals surface area contributed by atoms with Crippen molar-refractivity contribution in [2.45, 2.75) is 18.4 Å². The molecule has 0 amide bonds. The second-order valence-electron chi connectivity index (χ2n) is 3.37. The normalized spacial score (nSPS) is 30.6. The lowest BCUT2D eigenvalue weighted by molar-refractivity contribution is -0.0530. The molecular weight excluding hydrogens is 174 g/mol. The molecule has 0 saturated carbocycles. The number of hydrogen-bond acceptors (Lipinski definition) is 4. The summed E-state index contributed by atoms with van der Waals surface area (Å²) in [6.45, 7) is 0.541. The molecule has 0 radical (unpaired) electrons. The van der Waals surface area contributed by atoms with Crippen LogP contribution in [0.1, 0.15) is 12.8 Å². The first-order valence-electron chi connectivity index (χ1n) is 4.17. The van der Waals surface area contributed by atoms with Crippen molar-refractivity contribution >= 4 is 5.96 Å². The summed E-state index contributed by atoms with van der Waals surface area (Å²) in [4.78, 5) is 1.54. The Kier molecular flexibility index (Phi) is 2.94. The van der Waals surface area contributed by atoms with E-state index in [1.54, 1.807) is 4.90 Å². The van der Waals surface area contributed by atoms with Crippen molar-refractivity contribution in [3.05, 3.63) is 0 Å². The molecule has 13 heavy (non-hydrogen) atoms. The average Bonchev–Trinajstić information content (AvgIpc) is 2.17. The molecule has 0 spiro atoms. The molecule has 0 aromatic rings. The summed E-state index contributed by atoms with van der Waals surface area (Å²) in [5.74, 6) is -0.0217. The Bertz CT molecular complexity index is 209. The third-order valence-electron chi connectivity index (χ3n) is 2.28. The van der Waals surface area contributed by atoms with Gasteiger partial charge < -0.3 is 26.1 Å². The molecule has 1 aliphatic heterocycles. The quantitative estimate of drug-likeness (QED) is 0.174. The Hall–Kier alpha value is -1.01. The number of nitrogens with two attached hydrogens (primary N) is 1. The molecule has 1 rings (SSSR count). The van der Waals surface area contributed by atoms with Gasteiger partial charge in [0.25, 0.3) is 0 Å². The summed E-state index contributed by atoms with van der Waals surface area (Å²) >= 11 is 0. The molecule has 0 aromatic heterocycles. The highest BCUT2D eigenvalue weighted by molar-refractivity contribution is 5.77. The Morgan fingerprint density at radius 3 is 2.85 bits per heavy atom. The molecule has 1 aliphatic rings. The van der Waals surface area contributed by atoms with Crippen LogP contribution in [0.4, 0.5) is 0 Å². The molecule has 5 N–H and O–H groups in total. The molecule has 6 nitrogen and oxygen atoms in total. The molecule has 0 bridgehead atoms. The minimum atomic E-state index is -1.12. The molecule has 6 heteroatoms. The van der Waals surface area contributed by atoms with Gasteiger partial charge in [0.15, 0.2) is 0 Å². The van der Waals surface area contributed by atoms with Gasteiger partial charge in [-0.3, -0.25) is 0 Å². The second-order valence-corrected chi connectivity index (χ2v) is 3.37. The summed E-state index contributed by atoms with van der Waals surface area (Å²) in [6, 6.07) is 0. The van der Waals surface area contributed by atoms with Crippen molar-refractivity contribution in [1.29, 1.82) is 0 Å². The molecule has 1 saturated heterocycles. The molecule has 0 aliphatic carbocycles. The lowest BCUT2D eigenvalue weighted by atomic mass is 9.94. The van der Waals surface area contributed by atoms with Gasteiger partial charge in [0, 0.05) is 6.54 Å². The van der Waals surface area contributed by atoms with Crippen LogP contribution in [0.25, 0.3) is 0 Å². The topological polar surface area (TPSA) is 102 Å². The van der Waals surface area contributed by atoms with Crippen LogP contribution in [0.15, 0.2) is 5.16 Å². The van der Waals surface area contributed by atoms with Crippen LogP contribution in [-0.2, 0) is 0 Å². The SMILES string of the molecule is N/C(=N\O)N1CCCC(O)(CO)C1. The fourth-order valence-electron chi connectivity index (χ4n) is 1.50. The van der Waals surface area contributed by atoms with Gasteiger partial charge in [0.1, 0.15) is 5.60 Å². The Morgan fingerprint density at radius 2 is 2.31 bits per heavy atom. The van der Waals surface area contributed by atoms with Gasteiger partial charge in [-0.2, -0.15) is 0 Å². The summed E-state index contributed by atoms with van der Waals surface area (Å²) in [5, 5.41) is 29.9. The van der Waals surface area contributed by atoms with Crippen LogP contribution in [0.5, 0.6) is 0 Å². The van der Waals surface area contributed by atoms with E-state index in [0.717, 1.165) is 0 Å². The van der Waals surface area contributed by atoms with E-state index in [1.165, 1.54) is 0 Å². The van der Waals surface area contributed by atoms with Crippen LogP contribution >= 0.6 is 0 Å². The number of nitrogens with zero attached hydrogens (tertiary/aromatic N) is 2. The number of hydrogen-bond donors (Lipinski definition) is 4. The van der Waals surface area contributed by atoms with Crippen molar-refractivity contribution < 1.29 is 15.4 Å². The van der Waals surface area contributed by atoms with Crippen LogP contribution < -0.4 is 5.73 Å². The smallest absolute Gasteiger partial charge is 0.233 e. The van der Waals surface area contributed by atoms with Gasteiger partial charge in [-0.1, -0.05) is 5.16 Å². The highest BCUT2D eigenvalue weighted by Gasteiger charge is 2.33. The van der Waals surface area contributed by atoms with Gasteiger partial charge in [-0.25, -0.2) is 0 Å². The predicted octanol–water partition coefficient (Wildman–Crippen LogP) is -1.49. The molecule has 1 unspecified atom stereocenters. The van der Waals surface area contributed by atoms with Gasteiger partial charge in [0.2, 0.25) is 5.96 Å². The maximum atomic E-state index is 9.71. The minimum absolute atomic E-state index is 0.0217. The largest absolute Gasteiger partial charge is 0.408 e. The van der Waals surface area contributed by atoms with Crippen LogP contribution in [-0.4, -0.2) is 51.6 Å². The Labute approximate surface area is 76.3 Å². The number of likely N-dealkylation sites (tertiary alicyclic amines) is 1. The monoisotopic (exact) mass is 189 g/mol. The van der Waals surface area contributed by atoms with E-state index in [1.807, 2.05) is 0 Å². The average molecular weight is 189 g/mol. The highest BCUT2D eigenvalue weighted by atomic mass is 16.4. The van der Waals surface area contributed by atoms with Gasteiger partial charge in [-0.15, -0.1) is 0 Å².